The Morgan fingerprint density at radius 1 is 1.00 bits per heavy atom. The molecule has 2 aromatic heterocycles. The summed E-state index contributed by atoms with van der Waals surface area (Å²) in [7, 11) is 3.10. The Bertz CT molecular complexity index is 1890. The van der Waals surface area contributed by atoms with E-state index in [1.165, 1.54) is 12.1 Å². The maximum Gasteiger partial charge on any atom is 0.253 e. The largest absolute Gasteiger partial charge is 0.497 e. The molecule has 3 heterocycles. The lowest BCUT2D eigenvalue weighted by molar-refractivity contribution is -0.00202. The van der Waals surface area contributed by atoms with E-state index in [0.29, 0.717) is 65.3 Å². The predicted molar refractivity (Wildman–Crippen MR) is 171 cm³/mol. The van der Waals surface area contributed by atoms with Crippen LogP contribution in [0.3, 0.4) is 0 Å². The number of hydrogen-bond donors (Lipinski definition) is 3. The number of amides is 1. The fourth-order valence-electron chi connectivity index (χ4n) is 5.73. The summed E-state index contributed by atoms with van der Waals surface area (Å²) in [6, 6.07) is 17.3. The molecule has 0 bridgehead atoms. The van der Waals surface area contributed by atoms with E-state index in [2.05, 4.69) is 10.3 Å². The van der Waals surface area contributed by atoms with Gasteiger partial charge in [0.2, 0.25) is 5.88 Å². The summed E-state index contributed by atoms with van der Waals surface area (Å²) < 4.78 is 42.2. The third-order valence-electron chi connectivity index (χ3n) is 8.41. The zero-order valence-corrected chi connectivity index (χ0v) is 25.7. The number of benzene rings is 3. The van der Waals surface area contributed by atoms with E-state index in [9.17, 15) is 23.8 Å². The summed E-state index contributed by atoms with van der Waals surface area (Å²) in [4.78, 5) is 19.4. The molecule has 238 valence electrons. The minimum absolute atomic E-state index is 0.0394. The number of nitrogens with zero attached hydrogens (tertiary/aromatic N) is 3. The number of hydrogen-bond acceptors (Lipinski definition) is 7. The van der Waals surface area contributed by atoms with Crippen molar-refractivity contribution in [1.82, 2.24) is 14.5 Å². The molecule has 1 fully saturated rings. The molecular formula is C35H34F2N4O5. The van der Waals surface area contributed by atoms with Crippen LogP contribution in [-0.4, -0.2) is 63.5 Å². The van der Waals surface area contributed by atoms with Crippen LogP contribution in [0.1, 0.15) is 35.7 Å². The minimum atomic E-state index is -0.772. The fourth-order valence-corrected chi connectivity index (χ4v) is 5.73. The average Bonchev–Trinajstić information content (AvgIpc) is 3.35. The summed E-state index contributed by atoms with van der Waals surface area (Å²) >= 11 is 0. The van der Waals surface area contributed by atoms with Gasteiger partial charge in [-0.25, -0.2) is 13.8 Å². The predicted octanol–water partition coefficient (Wildman–Crippen LogP) is 6.48. The van der Waals surface area contributed by atoms with E-state index in [-0.39, 0.29) is 29.6 Å². The first kappa shape index (κ1) is 30.8. The van der Waals surface area contributed by atoms with Crippen molar-refractivity contribution < 1.29 is 33.3 Å². The summed E-state index contributed by atoms with van der Waals surface area (Å²) in [6.45, 7) is 2.92. The zero-order valence-electron chi connectivity index (χ0n) is 25.7. The first-order chi connectivity index (χ1) is 22.1. The Morgan fingerprint density at radius 2 is 1.70 bits per heavy atom. The molecule has 1 aliphatic heterocycles. The van der Waals surface area contributed by atoms with Gasteiger partial charge >= 0.3 is 0 Å². The second-order valence-electron chi connectivity index (χ2n) is 11.7. The zero-order chi connectivity index (χ0) is 32.6. The van der Waals surface area contributed by atoms with Crippen molar-refractivity contribution >= 4 is 28.2 Å². The van der Waals surface area contributed by atoms with E-state index in [4.69, 9.17) is 9.47 Å². The average molecular weight is 629 g/mol. The van der Waals surface area contributed by atoms with Crippen LogP contribution < -0.4 is 14.8 Å². The van der Waals surface area contributed by atoms with Gasteiger partial charge in [0.15, 0.2) is 0 Å². The van der Waals surface area contributed by atoms with Gasteiger partial charge in [-0.15, -0.1) is 0 Å². The highest BCUT2D eigenvalue weighted by atomic mass is 19.1. The maximum atomic E-state index is 14.9. The molecule has 5 aromatic rings. The molecule has 11 heteroatoms. The molecule has 0 radical (unpaired) electrons. The molecule has 3 aromatic carbocycles. The van der Waals surface area contributed by atoms with Gasteiger partial charge in [-0.05, 0) is 74.4 Å². The van der Waals surface area contributed by atoms with Crippen LogP contribution in [0.2, 0.25) is 0 Å². The molecule has 0 saturated carbocycles. The Balaban J connectivity index is 1.37. The molecule has 1 amide bonds. The Kier molecular flexibility index (Phi) is 8.26. The number of likely N-dealkylation sites (tertiary alicyclic amines) is 1. The number of anilines is 2. The van der Waals surface area contributed by atoms with Gasteiger partial charge in [0, 0.05) is 42.2 Å². The van der Waals surface area contributed by atoms with Crippen LogP contribution in [0.25, 0.3) is 22.2 Å². The van der Waals surface area contributed by atoms with Crippen LogP contribution in [0, 0.1) is 11.6 Å². The number of methoxy groups -OCH3 is 2. The number of aromatic nitrogens is 2. The van der Waals surface area contributed by atoms with Crippen molar-refractivity contribution in [2.24, 2.45) is 0 Å². The summed E-state index contributed by atoms with van der Waals surface area (Å²) in [6.07, 6.45) is 2.63. The van der Waals surface area contributed by atoms with Gasteiger partial charge in [-0.3, -0.25) is 4.79 Å². The lowest BCUT2D eigenvalue weighted by atomic mass is 9.93. The number of fused-ring (bicyclic) bond motifs is 1. The van der Waals surface area contributed by atoms with Gasteiger partial charge in [-0.2, -0.15) is 0 Å². The number of piperidine rings is 1. The first-order valence-electron chi connectivity index (χ1n) is 14.8. The number of pyridine rings is 1. The van der Waals surface area contributed by atoms with Crippen molar-refractivity contribution in [3.63, 3.8) is 0 Å². The molecule has 0 aliphatic carbocycles. The molecule has 6 rings (SSSR count). The Labute approximate surface area is 264 Å². The van der Waals surface area contributed by atoms with Crippen LogP contribution >= 0.6 is 0 Å². The van der Waals surface area contributed by atoms with Gasteiger partial charge in [0.25, 0.3) is 5.91 Å². The van der Waals surface area contributed by atoms with Crippen molar-refractivity contribution in [2.75, 3.05) is 32.6 Å². The van der Waals surface area contributed by atoms with Gasteiger partial charge in [0.05, 0.1) is 54.2 Å². The van der Waals surface area contributed by atoms with Crippen molar-refractivity contribution in [2.45, 2.75) is 31.9 Å². The number of carbonyl (C=O) groups excluding carboxylic acids is 1. The molecule has 9 nitrogen and oxygen atoms in total. The number of aliphatic hydroxyl groups is 1. The number of halogens is 2. The normalized spacial score (nSPS) is 14.3. The number of aromatic hydroxyl groups is 1. The lowest BCUT2D eigenvalue weighted by Crippen LogP contribution is -2.45. The molecule has 0 unspecified atom stereocenters. The number of nitrogens with one attached hydrogen (secondary N) is 1. The highest BCUT2D eigenvalue weighted by Gasteiger charge is 2.30. The van der Waals surface area contributed by atoms with Crippen molar-refractivity contribution in [1.29, 1.82) is 0 Å². The van der Waals surface area contributed by atoms with E-state index < -0.39 is 17.2 Å². The second kappa shape index (κ2) is 12.3. The molecular weight excluding hydrogens is 594 g/mol. The topological polar surface area (TPSA) is 109 Å². The SMILES string of the molecule is COc1ccc(Cn2cc3nc(-c4c(F)cccc4F)cc(Nc4ccc(C(=O)N5CCC(C)(O)CC5)cc4)c3c2O)c(OC)c1. The first-order valence-corrected chi connectivity index (χ1v) is 14.8. The smallest absolute Gasteiger partial charge is 0.253 e. The number of carbonyl (C=O) groups is 1. The molecule has 0 atom stereocenters. The second-order valence-corrected chi connectivity index (χ2v) is 11.7. The van der Waals surface area contributed by atoms with Crippen LogP contribution in [0.15, 0.2) is 72.9 Å². The highest BCUT2D eigenvalue weighted by molar-refractivity contribution is 6.00. The van der Waals surface area contributed by atoms with Gasteiger partial charge < -0.3 is 34.5 Å². The van der Waals surface area contributed by atoms with Gasteiger partial charge in [-0.1, -0.05) is 6.07 Å². The molecule has 46 heavy (non-hydrogen) atoms. The summed E-state index contributed by atoms with van der Waals surface area (Å²) in [5.74, 6) is -0.617. The molecule has 0 spiro atoms. The Hall–Kier alpha value is -5.16. The minimum Gasteiger partial charge on any atom is -0.497 e. The molecule has 1 aliphatic rings. The van der Waals surface area contributed by atoms with E-state index in [1.807, 2.05) is 6.07 Å². The highest BCUT2D eigenvalue weighted by Crippen LogP contribution is 2.39. The third-order valence-corrected chi connectivity index (χ3v) is 8.41. The lowest BCUT2D eigenvalue weighted by Gasteiger charge is -2.35. The van der Waals surface area contributed by atoms with Crippen molar-refractivity contribution in [3.05, 3.63) is 95.7 Å². The number of ether oxygens (including phenoxy) is 2. The van der Waals surface area contributed by atoms with Crippen LogP contribution in [0.5, 0.6) is 17.4 Å². The van der Waals surface area contributed by atoms with Crippen molar-refractivity contribution in [3.8, 4) is 28.6 Å². The fraction of sp³-hybridized carbons (Fsp3) is 0.257. The quantitative estimate of drug-likeness (QED) is 0.180. The van der Waals surface area contributed by atoms with Gasteiger partial charge in [0.1, 0.15) is 23.1 Å². The van der Waals surface area contributed by atoms with E-state index >= 15 is 0 Å². The molecule has 1 saturated heterocycles. The van der Waals surface area contributed by atoms with E-state index in [0.717, 1.165) is 17.7 Å². The summed E-state index contributed by atoms with van der Waals surface area (Å²) in [5.41, 5.74) is 1.47. The monoisotopic (exact) mass is 628 g/mol. The van der Waals surface area contributed by atoms with Crippen LogP contribution in [0.4, 0.5) is 20.2 Å². The third kappa shape index (κ3) is 6.05. The standard InChI is InChI=1S/C35H34F2N4O5/c1-35(44)13-15-40(16-14-35)33(42)21-7-10-23(11-8-21)38-28-18-27(31-25(36)5-4-6-26(31)37)39-29-20-41(34(43)32(28)29)19-22-9-12-24(45-2)17-30(22)46-3/h4-12,17-18,20,38,43-44H,13-16,19H2,1-3H3. The maximum absolute atomic E-state index is 14.9. The summed E-state index contributed by atoms with van der Waals surface area (Å²) in [5, 5.41) is 25.3. The number of rotatable bonds is 8. The van der Waals surface area contributed by atoms with E-state index in [1.54, 1.807) is 73.2 Å². The Morgan fingerprint density at radius 3 is 2.35 bits per heavy atom. The van der Waals surface area contributed by atoms with Crippen LogP contribution in [-0.2, 0) is 6.54 Å². The molecule has 3 N–H and O–H groups in total.